The highest BCUT2D eigenvalue weighted by Gasteiger charge is 2.17. The van der Waals surface area contributed by atoms with Crippen molar-refractivity contribution in [2.75, 3.05) is 33.2 Å². The average molecular weight is 180 g/mol. The molecule has 0 atom stereocenters. The first-order valence-electron chi connectivity index (χ1n) is 4.64. The summed E-state index contributed by atoms with van der Waals surface area (Å²) in [5, 5.41) is 0. The van der Waals surface area contributed by atoms with Gasteiger partial charge < -0.3 is 4.90 Å². The third kappa shape index (κ3) is 3.08. The Morgan fingerprint density at radius 1 is 1.54 bits per heavy atom. The van der Waals surface area contributed by atoms with Gasteiger partial charge in [0, 0.05) is 33.1 Å². The van der Waals surface area contributed by atoms with Crippen LogP contribution in [-0.2, 0) is 4.79 Å². The molecule has 0 aliphatic carbocycles. The number of terminal acetylenes is 1. The summed E-state index contributed by atoms with van der Waals surface area (Å²) >= 11 is 0. The molecule has 0 aromatic carbocycles. The topological polar surface area (TPSA) is 23.6 Å². The predicted molar refractivity (Wildman–Crippen MR) is 52.1 cm³/mol. The third-order valence-corrected chi connectivity index (χ3v) is 2.32. The molecule has 3 heteroatoms. The van der Waals surface area contributed by atoms with Crippen LogP contribution in [0.5, 0.6) is 0 Å². The van der Waals surface area contributed by atoms with Crippen LogP contribution >= 0.6 is 0 Å². The summed E-state index contributed by atoms with van der Waals surface area (Å²) in [5.41, 5.74) is 0. The number of likely N-dealkylation sites (N-methyl/N-ethyl adjacent to an activating group) is 1. The zero-order valence-electron chi connectivity index (χ0n) is 8.12. The summed E-state index contributed by atoms with van der Waals surface area (Å²) in [5.74, 6) is 2.80. The quantitative estimate of drug-likeness (QED) is 0.566. The molecule has 0 spiro atoms. The molecule has 1 saturated heterocycles. The monoisotopic (exact) mass is 180 g/mol. The molecule has 1 aliphatic heterocycles. The van der Waals surface area contributed by atoms with Crippen molar-refractivity contribution in [3.63, 3.8) is 0 Å². The van der Waals surface area contributed by atoms with Crippen molar-refractivity contribution in [1.29, 1.82) is 0 Å². The average Bonchev–Trinajstić information content (AvgIpc) is 2.26. The Hall–Kier alpha value is -1.01. The summed E-state index contributed by atoms with van der Waals surface area (Å²) in [7, 11) is 1.85. The van der Waals surface area contributed by atoms with E-state index in [1.807, 2.05) is 7.05 Å². The summed E-state index contributed by atoms with van der Waals surface area (Å²) in [6.45, 7) is 3.22. The van der Waals surface area contributed by atoms with Crippen LogP contribution in [0.3, 0.4) is 0 Å². The van der Waals surface area contributed by atoms with E-state index in [2.05, 4.69) is 10.8 Å². The lowest BCUT2D eigenvalue weighted by molar-refractivity contribution is -0.129. The van der Waals surface area contributed by atoms with E-state index in [9.17, 15) is 4.79 Å². The molecule has 0 radical (unpaired) electrons. The van der Waals surface area contributed by atoms with Gasteiger partial charge in [-0.1, -0.05) is 0 Å². The minimum atomic E-state index is 0.203. The smallest absolute Gasteiger partial charge is 0.236 e. The molecule has 1 amide bonds. The van der Waals surface area contributed by atoms with Crippen molar-refractivity contribution in [3.8, 4) is 12.3 Å². The van der Waals surface area contributed by atoms with E-state index in [0.29, 0.717) is 6.54 Å². The molecule has 13 heavy (non-hydrogen) atoms. The van der Waals surface area contributed by atoms with Crippen molar-refractivity contribution in [2.24, 2.45) is 0 Å². The van der Waals surface area contributed by atoms with Gasteiger partial charge in [-0.3, -0.25) is 9.69 Å². The van der Waals surface area contributed by atoms with Crippen LogP contribution in [0.4, 0.5) is 0 Å². The Balaban J connectivity index is 2.40. The van der Waals surface area contributed by atoms with Gasteiger partial charge in [-0.25, -0.2) is 0 Å². The van der Waals surface area contributed by atoms with Crippen LogP contribution < -0.4 is 0 Å². The summed E-state index contributed by atoms with van der Waals surface area (Å²) in [4.78, 5) is 15.3. The molecule has 1 fully saturated rings. The van der Waals surface area contributed by atoms with Gasteiger partial charge in [-0.15, -0.1) is 12.3 Å². The van der Waals surface area contributed by atoms with Crippen molar-refractivity contribution < 1.29 is 4.79 Å². The number of nitrogens with zero attached hydrogens (tertiary/aromatic N) is 2. The van der Waals surface area contributed by atoms with Crippen LogP contribution in [0.15, 0.2) is 0 Å². The van der Waals surface area contributed by atoms with Gasteiger partial charge in [0.2, 0.25) is 5.91 Å². The van der Waals surface area contributed by atoms with Gasteiger partial charge in [-0.05, 0) is 6.42 Å². The predicted octanol–water partition coefficient (Wildman–Crippen LogP) is 0.174. The van der Waals surface area contributed by atoms with Crippen LogP contribution in [-0.4, -0.2) is 48.9 Å². The Morgan fingerprint density at radius 3 is 3.00 bits per heavy atom. The molecule has 0 N–H and O–H groups in total. The normalized spacial score (nSPS) is 19.7. The van der Waals surface area contributed by atoms with E-state index in [1.165, 1.54) is 0 Å². The van der Waals surface area contributed by atoms with E-state index in [1.54, 1.807) is 4.90 Å². The lowest BCUT2D eigenvalue weighted by atomic mass is 10.3. The Morgan fingerprint density at radius 2 is 2.31 bits per heavy atom. The highest BCUT2D eigenvalue weighted by atomic mass is 16.2. The fourth-order valence-corrected chi connectivity index (χ4v) is 1.46. The minimum Gasteiger partial charge on any atom is -0.345 e. The van der Waals surface area contributed by atoms with Crippen LogP contribution in [0, 0.1) is 12.3 Å². The summed E-state index contributed by atoms with van der Waals surface area (Å²) in [6.07, 6.45) is 6.96. The molecule has 1 aliphatic rings. The molecule has 0 bridgehead atoms. The number of amides is 1. The number of carbonyl (C=O) groups excluding carboxylic acids is 1. The molecular formula is C10H16N2O. The van der Waals surface area contributed by atoms with Crippen molar-refractivity contribution in [2.45, 2.75) is 12.8 Å². The second-order valence-corrected chi connectivity index (χ2v) is 3.40. The fourth-order valence-electron chi connectivity index (χ4n) is 1.46. The first-order chi connectivity index (χ1) is 6.24. The van der Waals surface area contributed by atoms with Crippen LogP contribution in [0.1, 0.15) is 12.8 Å². The maximum absolute atomic E-state index is 11.4. The van der Waals surface area contributed by atoms with Crippen molar-refractivity contribution in [1.82, 2.24) is 9.80 Å². The Kier molecular flexibility index (Phi) is 3.78. The Labute approximate surface area is 79.7 Å². The zero-order chi connectivity index (χ0) is 9.68. The molecule has 3 nitrogen and oxygen atoms in total. The van der Waals surface area contributed by atoms with Gasteiger partial charge in [0.1, 0.15) is 0 Å². The first-order valence-corrected chi connectivity index (χ1v) is 4.64. The largest absolute Gasteiger partial charge is 0.345 e. The lowest BCUT2D eigenvalue weighted by Gasteiger charge is -2.17. The van der Waals surface area contributed by atoms with Gasteiger partial charge in [0.05, 0.1) is 6.54 Å². The fraction of sp³-hybridized carbons (Fsp3) is 0.700. The number of hydrogen-bond donors (Lipinski definition) is 0. The molecule has 0 unspecified atom stereocenters. The number of rotatable bonds is 2. The van der Waals surface area contributed by atoms with Crippen LogP contribution in [0.25, 0.3) is 0 Å². The molecule has 0 aromatic heterocycles. The minimum absolute atomic E-state index is 0.203. The summed E-state index contributed by atoms with van der Waals surface area (Å²) in [6, 6.07) is 0. The standard InChI is InChI=1S/C10H16N2O/c1-3-4-7-12-8-5-6-11(2)10(13)9-12/h1H,4-9H2,2H3. The van der Waals surface area contributed by atoms with Crippen molar-refractivity contribution >= 4 is 5.91 Å². The van der Waals surface area contributed by atoms with E-state index in [-0.39, 0.29) is 5.91 Å². The third-order valence-electron chi connectivity index (χ3n) is 2.32. The van der Waals surface area contributed by atoms with E-state index in [4.69, 9.17) is 6.42 Å². The first kappa shape index (κ1) is 10.1. The zero-order valence-corrected chi connectivity index (χ0v) is 8.12. The maximum Gasteiger partial charge on any atom is 0.236 e. The second kappa shape index (κ2) is 4.88. The van der Waals surface area contributed by atoms with Crippen LogP contribution in [0.2, 0.25) is 0 Å². The van der Waals surface area contributed by atoms with Gasteiger partial charge in [0.25, 0.3) is 0 Å². The molecule has 0 saturated carbocycles. The van der Waals surface area contributed by atoms with Crippen molar-refractivity contribution in [3.05, 3.63) is 0 Å². The van der Waals surface area contributed by atoms with E-state index >= 15 is 0 Å². The highest BCUT2D eigenvalue weighted by Crippen LogP contribution is 2.02. The second-order valence-electron chi connectivity index (χ2n) is 3.40. The number of hydrogen-bond acceptors (Lipinski definition) is 2. The SMILES string of the molecule is C#CCCN1CCCN(C)C(=O)C1. The molecule has 1 heterocycles. The highest BCUT2D eigenvalue weighted by molar-refractivity contribution is 5.78. The van der Waals surface area contributed by atoms with Gasteiger partial charge in [0.15, 0.2) is 0 Å². The molecule has 72 valence electrons. The lowest BCUT2D eigenvalue weighted by Crippen LogP contribution is -2.34. The maximum atomic E-state index is 11.4. The van der Waals surface area contributed by atoms with Gasteiger partial charge >= 0.3 is 0 Å². The number of carbonyl (C=O) groups is 1. The molecular weight excluding hydrogens is 164 g/mol. The molecule has 1 rings (SSSR count). The Bertz CT molecular complexity index is 219. The van der Waals surface area contributed by atoms with Gasteiger partial charge in [-0.2, -0.15) is 0 Å². The van der Waals surface area contributed by atoms with E-state index in [0.717, 1.165) is 32.5 Å². The summed E-state index contributed by atoms with van der Waals surface area (Å²) < 4.78 is 0. The molecule has 0 aromatic rings. The van der Waals surface area contributed by atoms with E-state index < -0.39 is 0 Å².